The van der Waals surface area contributed by atoms with E-state index in [-0.39, 0.29) is 13.2 Å². The van der Waals surface area contributed by atoms with Gasteiger partial charge in [0.15, 0.2) is 13.2 Å². The highest BCUT2D eigenvalue weighted by molar-refractivity contribution is 9.10. The maximum absolute atomic E-state index is 11.9. The first-order valence-corrected chi connectivity index (χ1v) is 9.88. The largest absolute Gasteiger partial charge is 0.484 e. The number of hydrogen-bond acceptors (Lipinski definition) is 4. The predicted molar refractivity (Wildman–Crippen MR) is 115 cm³/mol. The van der Waals surface area contributed by atoms with E-state index in [1.165, 1.54) is 0 Å². The van der Waals surface area contributed by atoms with Crippen molar-refractivity contribution in [2.45, 2.75) is 6.92 Å². The summed E-state index contributed by atoms with van der Waals surface area (Å²) in [5.74, 6) is 0.0445. The summed E-state index contributed by atoms with van der Waals surface area (Å²) in [6, 6.07) is 16.6. The monoisotopic (exact) mass is 476 g/mol. The first kappa shape index (κ1) is 21.0. The average Bonchev–Trinajstić information content (AvgIpc) is 2.72. The molecule has 150 valence electrons. The van der Waals surface area contributed by atoms with Crippen LogP contribution in [0.5, 0.6) is 11.5 Å². The van der Waals surface area contributed by atoms with Crippen molar-refractivity contribution in [1.82, 2.24) is 10.9 Å². The van der Waals surface area contributed by atoms with Gasteiger partial charge >= 0.3 is 0 Å². The van der Waals surface area contributed by atoms with E-state index >= 15 is 0 Å². The Bertz CT molecular complexity index is 1060. The molecule has 0 aromatic heterocycles. The third-order valence-electron chi connectivity index (χ3n) is 4.03. The zero-order valence-corrected chi connectivity index (χ0v) is 17.8. The molecule has 0 radical (unpaired) electrons. The second kappa shape index (κ2) is 9.62. The lowest BCUT2D eigenvalue weighted by atomic mass is 10.1. The number of hydrazine groups is 1. The molecule has 6 nitrogen and oxygen atoms in total. The summed E-state index contributed by atoms with van der Waals surface area (Å²) >= 11 is 9.44. The first-order chi connectivity index (χ1) is 13.9. The van der Waals surface area contributed by atoms with Crippen LogP contribution in [0.2, 0.25) is 5.02 Å². The van der Waals surface area contributed by atoms with Crippen LogP contribution < -0.4 is 20.3 Å². The minimum Gasteiger partial charge on any atom is -0.484 e. The fourth-order valence-corrected chi connectivity index (χ4v) is 3.26. The summed E-state index contributed by atoms with van der Waals surface area (Å²) < 4.78 is 11.7. The zero-order chi connectivity index (χ0) is 20.8. The molecule has 3 aromatic carbocycles. The molecule has 0 heterocycles. The number of rotatable bonds is 6. The van der Waals surface area contributed by atoms with Crippen molar-refractivity contribution in [3.8, 4) is 11.5 Å². The molecular weight excluding hydrogens is 460 g/mol. The summed E-state index contributed by atoms with van der Waals surface area (Å²) in [7, 11) is 0. The number of benzene rings is 3. The summed E-state index contributed by atoms with van der Waals surface area (Å²) in [5.41, 5.74) is 5.41. The van der Waals surface area contributed by atoms with Crippen molar-refractivity contribution < 1.29 is 19.1 Å². The topological polar surface area (TPSA) is 76.7 Å². The first-order valence-electron chi connectivity index (χ1n) is 8.70. The molecule has 0 bridgehead atoms. The van der Waals surface area contributed by atoms with Crippen molar-refractivity contribution in [2.24, 2.45) is 0 Å². The van der Waals surface area contributed by atoms with Gasteiger partial charge in [0.05, 0.1) is 4.47 Å². The fourth-order valence-electron chi connectivity index (χ4n) is 2.54. The fraction of sp³-hybridized carbons (Fsp3) is 0.143. The van der Waals surface area contributed by atoms with E-state index in [4.69, 9.17) is 21.1 Å². The van der Waals surface area contributed by atoms with E-state index in [1.54, 1.807) is 24.3 Å². The maximum Gasteiger partial charge on any atom is 0.276 e. The van der Waals surface area contributed by atoms with Gasteiger partial charge in [-0.3, -0.25) is 20.4 Å². The molecule has 0 saturated heterocycles. The van der Waals surface area contributed by atoms with Crippen LogP contribution in [0, 0.1) is 6.92 Å². The summed E-state index contributed by atoms with van der Waals surface area (Å²) in [5, 5.41) is 2.65. The molecule has 0 aliphatic rings. The molecule has 2 N–H and O–H groups in total. The Morgan fingerprint density at radius 1 is 0.966 bits per heavy atom. The third-order valence-corrected chi connectivity index (χ3v) is 5.27. The number of fused-ring (bicyclic) bond motifs is 1. The van der Waals surface area contributed by atoms with Crippen LogP contribution in [-0.4, -0.2) is 25.0 Å². The summed E-state index contributed by atoms with van der Waals surface area (Å²) in [6.07, 6.45) is 0. The van der Waals surface area contributed by atoms with Crippen LogP contribution in [0.15, 0.2) is 59.1 Å². The number of hydrogen-bond donors (Lipinski definition) is 2. The van der Waals surface area contributed by atoms with Crippen molar-refractivity contribution in [1.29, 1.82) is 0 Å². The van der Waals surface area contributed by atoms with Crippen LogP contribution in [-0.2, 0) is 9.59 Å². The Labute approximate surface area is 181 Å². The van der Waals surface area contributed by atoms with Crippen LogP contribution in [0.4, 0.5) is 0 Å². The number of halogens is 2. The lowest BCUT2D eigenvalue weighted by Crippen LogP contribution is -2.45. The van der Waals surface area contributed by atoms with Gasteiger partial charge in [-0.1, -0.05) is 41.9 Å². The molecule has 0 unspecified atom stereocenters. The number of nitrogens with one attached hydrogen (secondary N) is 2. The van der Waals surface area contributed by atoms with Crippen LogP contribution in [0.3, 0.4) is 0 Å². The Kier molecular flexibility index (Phi) is 6.95. The molecule has 3 aromatic rings. The second-order valence-corrected chi connectivity index (χ2v) is 7.38. The Morgan fingerprint density at radius 3 is 2.38 bits per heavy atom. The zero-order valence-electron chi connectivity index (χ0n) is 15.5. The van der Waals surface area contributed by atoms with Gasteiger partial charge in [0.25, 0.3) is 11.8 Å². The van der Waals surface area contributed by atoms with E-state index in [0.29, 0.717) is 16.5 Å². The summed E-state index contributed by atoms with van der Waals surface area (Å²) in [6.45, 7) is 1.33. The van der Waals surface area contributed by atoms with Gasteiger partial charge in [-0.15, -0.1) is 0 Å². The number of ether oxygens (including phenoxy) is 2. The van der Waals surface area contributed by atoms with Crippen molar-refractivity contribution in [2.75, 3.05) is 13.2 Å². The van der Waals surface area contributed by atoms with Gasteiger partial charge in [-0.25, -0.2) is 0 Å². The number of carbonyl (C=O) groups excluding carboxylic acids is 2. The number of aryl methyl sites for hydroxylation is 1. The molecule has 0 atom stereocenters. The van der Waals surface area contributed by atoms with E-state index in [0.717, 1.165) is 20.8 Å². The van der Waals surface area contributed by atoms with E-state index < -0.39 is 11.8 Å². The van der Waals surface area contributed by atoms with Crippen molar-refractivity contribution >= 4 is 50.1 Å². The minimum absolute atomic E-state index is 0.252. The van der Waals surface area contributed by atoms with Gasteiger partial charge in [0, 0.05) is 5.02 Å². The smallest absolute Gasteiger partial charge is 0.276 e. The molecule has 2 amide bonds. The van der Waals surface area contributed by atoms with Gasteiger partial charge in [-0.2, -0.15) is 0 Å². The van der Waals surface area contributed by atoms with Crippen molar-refractivity contribution in [3.05, 3.63) is 69.7 Å². The quantitative estimate of drug-likeness (QED) is 0.523. The minimum atomic E-state index is -0.502. The molecule has 0 aliphatic carbocycles. The highest BCUT2D eigenvalue weighted by atomic mass is 79.9. The summed E-state index contributed by atoms with van der Waals surface area (Å²) in [4.78, 5) is 23.8. The van der Waals surface area contributed by atoms with E-state index in [2.05, 4.69) is 26.8 Å². The lowest BCUT2D eigenvalue weighted by Gasteiger charge is -2.12. The molecule has 0 aliphatic heterocycles. The van der Waals surface area contributed by atoms with Crippen LogP contribution in [0.25, 0.3) is 10.8 Å². The van der Waals surface area contributed by atoms with E-state index in [1.807, 2.05) is 37.3 Å². The highest BCUT2D eigenvalue weighted by Gasteiger charge is 2.10. The van der Waals surface area contributed by atoms with Crippen LogP contribution >= 0.6 is 27.5 Å². The van der Waals surface area contributed by atoms with Crippen molar-refractivity contribution in [3.63, 3.8) is 0 Å². The third kappa shape index (κ3) is 5.62. The Morgan fingerprint density at radius 2 is 1.66 bits per heavy atom. The molecule has 0 spiro atoms. The molecule has 3 rings (SSSR count). The molecule has 8 heteroatoms. The van der Waals surface area contributed by atoms with Gasteiger partial charge in [-0.05, 0) is 63.5 Å². The normalized spacial score (nSPS) is 10.4. The predicted octanol–water partition coefficient (Wildman–Crippen LogP) is 4.17. The Hall–Kier alpha value is -2.77. The van der Waals surface area contributed by atoms with Gasteiger partial charge in [0.1, 0.15) is 11.5 Å². The Balaban J connectivity index is 1.44. The molecular formula is C21H18BrClN2O4. The highest BCUT2D eigenvalue weighted by Crippen LogP contribution is 2.32. The number of carbonyl (C=O) groups is 2. The standard InChI is InChI=1S/C21H18BrClN2O4/c1-13-10-15(7-8-17(13)23)28-11-19(26)24-25-20(27)12-29-18-9-6-14-4-2-3-5-16(14)21(18)22/h2-10H,11-12H2,1H3,(H,24,26)(H,25,27). The molecule has 0 fully saturated rings. The van der Waals surface area contributed by atoms with Gasteiger partial charge < -0.3 is 9.47 Å². The maximum atomic E-state index is 11.9. The van der Waals surface area contributed by atoms with E-state index in [9.17, 15) is 9.59 Å². The number of amides is 2. The van der Waals surface area contributed by atoms with Gasteiger partial charge in [0.2, 0.25) is 0 Å². The lowest BCUT2D eigenvalue weighted by molar-refractivity contribution is -0.131. The van der Waals surface area contributed by atoms with Crippen LogP contribution in [0.1, 0.15) is 5.56 Å². The molecule has 29 heavy (non-hydrogen) atoms. The average molecular weight is 478 g/mol. The SMILES string of the molecule is Cc1cc(OCC(=O)NNC(=O)COc2ccc3ccccc3c2Br)ccc1Cl. The molecule has 0 saturated carbocycles. The second-order valence-electron chi connectivity index (χ2n) is 6.18.